The van der Waals surface area contributed by atoms with Crippen LogP contribution < -0.4 is 9.47 Å². The van der Waals surface area contributed by atoms with E-state index < -0.39 is 0 Å². The van der Waals surface area contributed by atoms with Crippen molar-refractivity contribution in [3.63, 3.8) is 0 Å². The summed E-state index contributed by atoms with van der Waals surface area (Å²) in [4.78, 5) is 2.36. The monoisotopic (exact) mass is 420 g/mol. The molecule has 0 bridgehead atoms. The molecule has 1 spiro atoms. The Morgan fingerprint density at radius 3 is 2.70 bits per heavy atom. The number of piperidine rings is 1. The molecule has 0 saturated carbocycles. The molecule has 2 aliphatic rings. The molecule has 2 aromatic carbocycles. The Morgan fingerprint density at radius 2 is 1.93 bits per heavy atom. The van der Waals surface area contributed by atoms with Crippen LogP contribution in [0.4, 0.5) is 0 Å². The topological polar surface area (TPSA) is 26.6 Å². The Morgan fingerprint density at radius 1 is 1.13 bits per heavy atom. The predicted octanol–water partition coefficient (Wildman–Crippen LogP) is 5.80. The number of aryl methyl sites for hydroxylation is 1. The number of benzene rings is 2. The minimum Gasteiger partial charge on any atom is -0.497 e. The zero-order valence-electron chi connectivity index (χ0n) is 17.3. The maximum absolute atomic E-state index is 6.64. The van der Waals surface area contributed by atoms with Crippen molar-refractivity contribution >= 4 is 17.3 Å². The van der Waals surface area contributed by atoms with E-state index in [0.717, 1.165) is 54.4 Å². The van der Waals surface area contributed by atoms with E-state index in [0.29, 0.717) is 5.02 Å². The molecular formula is C25H25ClN2O2. The highest BCUT2D eigenvalue weighted by molar-refractivity contribution is 6.30. The normalized spacial score (nSPS) is 16.6. The van der Waals surface area contributed by atoms with Crippen molar-refractivity contribution in [2.45, 2.75) is 25.4 Å². The second-order valence-corrected chi connectivity index (χ2v) is 8.52. The highest BCUT2D eigenvalue weighted by Gasteiger charge is 2.44. The maximum Gasteiger partial charge on any atom is 0.153 e. The minimum absolute atomic E-state index is 0.346. The summed E-state index contributed by atoms with van der Waals surface area (Å²) in [6.45, 7) is 8.26. The third-order valence-electron chi connectivity index (χ3n) is 6.41. The summed E-state index contributed by atoms with van der Waals surface area (Å²) in [6.07, 6.45) is 3.87. The fourth-order valence-electron chi connectivity index (χ4n) is 4.70. The molecule has 0 atom stereocenters. The molecule has 3 heterocycles. The Labute approximate surface area is 182 Å². The molecule has 5 rings (SSSR count). The van der Waals surface area contributed by atoms with Gasteiger partial charge in [-0.3, -0.25) is 0 Å². The molecule has 1 saturated heterocycles. The predicted molar refractivity (Wildman–Crippen MR) is 121 cm³/mol. The second kappa shape index (κ2) is 7.13. The van der Waals surface area contributed by atoms with E-state index in [4.69, 9.17) is 21.1 Å². The van der Waals surface area contributed by atoms with Gasteiger partial charge >= 0.3 is 0 Å². The lowest BCUT2D eigenvalue weighted by Gasteiger charge is -2.46. The van der Waals surface area contributed by atoms with Crippen molar-refractivity contribution in [2.75, 3.05) is 20.2 Å². The summed E-state index contributed by atoms with van der Waals surface area (Å²) in [7, 11) is 1.70. The Bertz CT molecular complexity index is 1130. The van der Waals surface area contributed by atoms with Crippen molar-refractivity contribution in [3.8, 4) is 17.2 Å². The summed E-state index contributed by atoms with van der Waals surface area (Å²) < 4.78 is 14.3. The molecule has 1 fully saturated rings. The van der Waals surface area contributed by atoms with E-state index in [2.05, 4.69) is 53.4 Å². The number of fused-ring (bicyclic) bond motifs is 4. The largest absolute Gasteiger partial charge is 0.497 e. The highest BCUT2D eigenvalue weighted by Crippen LogP contribution is 2.46. The fraction of sp³-hybridized carbons (Fsp3) is 0.280. The first-order chi connectivity index (χ1) is 14.5. The number of likely N-dealkylation sites (tertiary alicyclic amines) is 1. The van der Waals surface area contributed by atoms with Gasteiger partial charge in [0.1, 0.15) is 11.5 Å². The smallest absolute Gasteiger partial charge is 0.153 e. The third kappa shape index (κ3) is 2.98. The molecule has 154 valence electrons. The first kappa shape index (κ1) is 19.1. The van der Waals surface area contributed by atoms with Crippen LogP contribution >= 0.6 is 11.6 Å². The number of aromatic nitrogens is 1. The van der Waals surface area contributed by atoms with Gasteiger partial charge in [0.05, 0.1) is 18.5 Å². The van der Waals surface area contributed by atoms with Gasteiger partial charge in [-0.15, -0.1) is 0 Å². The van der Waals surface area contributed by atoms with E-state index in [9.17, 15) is 0 Å². The lowest BCUT2D eigenvalue weighted by Crippen LogP contribution is -2.47. The lowest BCUT2D eigenvalue weighted by molar-refractivity contribution is -0.000391. The van der Waals surface area contributed by atoms with Gasteiger partial charge in [-0.1, -0.05) is 24.2 Å². The molecule has 0 unspecified atom stereocenters. The molecule has 5 heteroatoms. The van der Waals surface area contributed by atoms with Gasteiger partial charge in [-0.25, -0.2) is 0 Å². The van der Waals surface area contributed by atoms with Crippen LogP contribution in [0.15, 0.2) is 61.3 Å². The first-order valence-electron chi connectivity index (χ1n) is 10.3. The quantitative estimate of drug-likeness (QED) is 0.535. The molecule has 2 aliphatic heterocycles. The molecule has 0 aliphatic carbocycles. The van der Waals surface area contributed by atoms with Crippen LogP contribution in [-0.2, 0) is 5.60 Å². The SMILES string of the molecule is C=C(c1cc(OC)ccc1C)N1CCC2(CC1)Oc1cc(Cl)ccc1-n1cccc12. The van der Waals surface area contributed by atoms with Crippen LogP contribution in [-0.4, -0.2) is 29.7 Å². The van der Waals surface area contributed by atoms with Crippen LogP contribution in [0.1, 0.15) is 29.7 Å². The second-order valence-electron chi connectivity index (χ2n) is 8.09. The Kier molecular flexibility index (Phi) is 4.55. The molecule has 30 heavy (non-hydrogen) atoms. The summed E-state index contributed by atoms with van der Waals surface area (Å²) in [6, 6.07) is 16.3. The number of methoxy groups -OCH3 is 1. The van der Waals surface area contributed by atoms with Gasteiger partial charge in [0.25, 0.3) is 0 Å². The number of hydrogen-bond donors (Lipinski definition) is 0. The summed E-state index contributed by atoms with van der Waals surface area (Å²) in [5.74, 6) is 1.70. The van der Waals surface area contributed by atoms with Crippen molar-refractivity contribution in [1.29, 1.82) is 0 Å². The standard InChI is InChI=1S/C25H25ClN2O2/c1-17-6-8-20(29-3)16-21(17)18(2)27-13-10-25(11-14-27)24-5-4-12-28(24)22-9-7-19(26)15-23(22)30-25/h4-9,12,15-16H,2,10-11,13-14H2,1,3H3. The number of hydrogen-bond acceptors (Lipinski definition) is 3. The Hall–Kier alpha value is -2.85. The number of rotatable bonds is 3. The van der Waals surface area contributed by atoms with Gasteiger partial charge in [0.15, 0.2) is 5.60 Å². The van der Waals surface area contributed by atoms with Crippen LogP contribution in [0, 0.1) is 6.92 Å². The summed E-state index contributed by atoms with van der Waals surface area (Å²) in [5, 5.41) is 0.693. The molecule has 1 aromatic heterocycles. The van der Waals surface area contributed by atoms with Gasteiger partial charge in [-0.05, 0) is 48.9 Å². The van der Waals surface area contributed by atoms with E-state index in [1.54, 1.807) is 7.11 Å². The molecular weight excluding hydrogens is 396 g/mol. The molecule has 0 amide bonds. The minimum atomic E-state index is -0.346. The van der Waals surface area contributed by atoms with E-state index in [-0.39, 0.29) is 5.60 Å². The van der Waals surface area contributed by atoms with E-state index in [1.807, 2.05) is 24.3 Å². The maximum atomic E-state index is 6.64. The molecule has 0 N–H and O–H groups in total. The number of ether oxygens (including phenoxy) is 2. The van der Waals surface area contributed by atoms with Crippen molar-refractivity contribution in [2.24, 2.45) is 0 Å². The van der Waals surface area contributed by atoms with Crippen LogP contribution in [0.2, 0.25) is 5.02 Å². The van der Waals surface area contributed by atoms with Crippen molar-refractivity contribution in [3.05, 3.63) is 83.2 Å². The first-order valence-corrected chi connectivity index (χ1v) is 10.6. The van der Waals surface area contributed by atoms with Crippen molar-refractivity contribution < 1.29 is 9.47 Å². The van der Waals surface area contributed by atoms with Gasteiger partial charge in [-0.2, -0.15) is 0 Å². The average molecular weight is 421 g/mol. The van der Waals surface area contributed by atoms with E-state index in [1.165, 1.54) is 11.3 Å². The van der Waals surface area contributed by atoms with Gasteiger partial charge < -0.3 is 18.9 Å². The molecule has 4 nitrogen and oxygen atoms in total. The fourth-order valence-corrected chi connectivity index (χ4v) is 4.86. The van der Waals surface area contributed by atoms with Gasteiger partial charge in [0, 0.05) is 54.5 Å². The zero-order valence-corrected chi connectivity index (χ0v) is 18.1. The van der Waals surface area contributed by atoms with Crippen LogP contribution in [0.3, 0.4) is 0 Å². The number of halogens is 1. The Balaban J connectivity index is 1.42. The summed E-state index contributed by atoms with van der Waals surface area (Å²) >= 11 is 6.26. The van der Waals surface area contributed by atoms with E-state index >= 15 is 0 Å². The van der Waals surface area contributed by atoms with Crippen molar-refractivity contribution in [1.82, 2.24) is 9.47 Å². The molecule has 3 aromatic rings. The molecule has 0 radical (unpaired) electrons. The highest BCUT2D eigenvalue weighted by atomic mass is 35.5. The number of nitrogens with zero attached hydrogens (tertiary/aromatic N) is 2. The lowest BCUT2D eigenvalue weighted by atomic mass is 9.86. The zero-order chi connectivity index (χ0) is 20.9. The summed E-state index contributed by atoms with van der Waals surface area (Å²) in [5.41, 5.74) is 5.28. The van der Waals surface area contributed by atoms with Gasteiger partial charge in [0.2, 0.25) is 0 Å². The average Bonchev–Trinajstić information content (AvgIpc) is 3.25. The third-order valence-corrected chi connectivity index (χ3v) is 6.65. The van der Waals surface area contributed by atoms with Crippen LogP contribution in [0.5, 0.6) is 11.5 Å². The van der Waals surface area contributed by atoms with Crippen LogP contribution in [0.25, 0.3) is 11.4 Å².